The molecule has 0 aromatic heterocycles. The fourth-order valence-corrected chi connectivity index (χ4v) is 2.58. The molecule has 0 aliphatic carbocycles. The van der Waals surface area contributed by atoms with Gasteiger partial charge in [0.25, 0.3) is 5.69 Å². The van der Waals surface area contributed by atoms with E-state index in [2.05, 4.69) is 24.9 Å². The highest BCUT2D eigenvalue weighted by Crippen LogP contribution is 2.22. The molecule has 5 heteroatoms. The van der Waals surface area contributed by atoms with Crippen LogP contribution in [0.1, 0.15) is 22.3 Å². The molecule has 0 N–H and O–H groups in total. The van der Waals surface area contributed by atoms with Crippen LogP contribution in [0.3, 0.4) is 0 Å². The van der Waals surface area contributed by atoms with Crippen molar-refractivity contribution in [2.75, 3.05) is 0 Å². The largest absolute Gasteiger partial charge is 0.489 e. The van der Waals surface area contributed by atoms with Gasteiger partial charge in [-0.2, -0.15) is 0 Å². The minimum Gasteiger partial charge on any atom is -0.489 e. The number of non-ortho nitro benzene ring substituents is 1. The topological polar surface area (TPSA) is 64.7 Å². The second-order valence-corrected chi connectivity index (χ2v) is 6.26. The van der Waals surface area contributed by atoms with Crippen molar-refractivity contribution in [3.63, 3.8) is 0 Å². The molecule has 0 amide bonds. The fraction of sp³-hybridized carbons (Fsp3) is 0.136. The SMILES string of the molecule is Cc1cccc(N=Cc2cccc(OCc3ccc([N+](=O)[O-])cc3)c2)c1C. The number of hydrogen-bond donors (Lipinski definition) is 0. The number of aryl methyl sites for hydroxylation is 1. The number of hydrogen-bond acceptors (Lipinski definition) is 4. The van der Waals surface area contributed by atoms with Gasteiger partial charge >= 0.3 is 0 Å². The van der Waals surface area contributed by atoms with Crippen LogP contribution in [0.5, 0.6) is 5.75 Å². The summed E-state index contributed by atoms with van der Waals surface area (Å²) in [5.41, 5.74) is 5.21. The van der Waals surface area contributed by atoms with Crippen LogP contribution in [0.4, 0.5) is 11.4 Å². The third-order valence-electron chi connectivity index (χ3n) is 4.34. The molecule has 0 radical (unpaired) electrons. The second kappa shape index (κ2) is 8.27. The lowest BCUT2D eigenvalue weighted by atomic mass is 10.1. The van der Waals surface area contributed by atoms with Crippen LogP contribution in [0.15, 0.2) is 71.7 Å². The quantitative estimate of drug-likeness (QED) is 0.329. The van der Waals surface area contributed by atoms with Crippen LogP contribution in [0.25, 0.3) is 0 Å². The number of benzene rings is 3. The van der Waals surface area contributed by atoms with Crippen molar-refractivity contribution in [2.45, 2.75) is 20.5 Å². The molecule has 136 valence electrons. The summed E-state index contributed by atoms with van der Waals surface area (Å²) in [4.78, 5) is 14.9. The number of aliphatic imine (C=N–C) groups is 1. The zero-order chi connectivity index (χ0) is 19.2. The van der Waals surface area contributed by atoms with E-state index in [9.17, 15) is 10.1 Å². The lowest BCUT2D eigenvalue weighted by Crippen LogP contribution is -1.96. The Bertz CT molecular complexity index is 979. The van der Waals surface area contributed by atoms with Gasteiger partial charge in [0.05, 0.1) is 10.6 Å². The number of nitro groups is 1. The van der Waals surface area contributed by atoms with Gasteiger partial charge in [-0.3, -0.25) is 15.1 Å². The van der Waals surface area contributed by atoms with Crippen LogP contribution < -0.4 is 4.74 Å². The summed E-state index contributed by atoms with van der Waals surface area (Å²) < 4.78 is 5.80. The van der Waals surface area contributed by atoms with E-state index in [1.165, 1.54) is 23.3 Å². The van der Waals surface area contributed by atoms with E-state index in [0.29, 0.717) is 6.61 Å². The average Bonchev–Trinajstić information content (AvgIpc) is 2.68. The standard InChI is InChI=1S/C22H20N2O3/c1-16-5-3-8-22(17(16)2)23-14-19-6-4-7-21(13-19)27-15-18-9-11-20(12-10-18)24(25)26/h3-14H,15H2,1-2H3. The van der Waals surface area contributed by atoms with Crippen molar-refractivity contribution < 1.29 is 9.66 Å². The van der Waals surface area contributed by atoms with Crippen molar-refractivity contribution in [3.8, 4) is 5.75 Å². The molecule has 3 aromatic carbocycles. The van der Waals surface area contributed by atoms with Gasteiger partial charge in [0.1, 0.15) is 12.4 Å². The maximum absolute atomic E-state index is 10.7. The van der Waals surface area contributed by atoms with Gasteiger partial charge < -0.3 is 4.74 Å². The Labute approximate surface area is 158 Å². The summed E-state index contributed by atoms with van der Waals surface area (Å²) in [6.45, 7) is 4.47. The van der Waals surface area contributed by atoms with E-state index in [1.807, 2.05) is 42.6 Å². The molecule has 0 aliphatic rings. The normalized spacial score (nSPS) is 10.9. The highest BCUT2D eigenvalue weighted by molar-refractivity contribution is 5.83. The van der Waals surface area contributed by atoms with Crippen molar-refractivity contribution in [3.05, 3.63) is 99.1 Å². The molecule has 0 bridgehead atoms. The summed E-state index contributed by atoms with van der Waals surface area (Å²) in [5.74, 6) is 0.721. The Kier molecular flexibility index (Phi) is 5.61. The zero-order valence-electron chi connectivity index (χ0n) is 15.3. The Hall–Kier alpha value is -3.47. The van der Waals surface area contributed by atoms with Crippen LogP contribution >= 0.6 is 0 Å². The van der Waals surface area contributed by atoms with Gasteiger partial charge in [-0.05, 0) is 66.4 Å². The lowest BCUT2D eigenvalue weighted by Gasteiger charge is -2.07. The Morgan fingerprint density at radius 1 is 1.04 bits per heavy atom. The molecule has 3 aromatic rings. The third-order valence-corrected chi connectivity index (χ3v) is 4.34. The highest BCUT2D eigenvalue weighted by atomic mass is 16.6. The smallest absolute Gasteiger partial charge is 0.269 e. The summed E-state index contributed by atoms with van der Waals surface area (Å²) >= 11 is 0. The van der Waals surface area contributed by atoms with Gasteiger partial charge in [-0.25, -0.2) is 0 Å². The molecule has 0 aliphatic heterocycles. The Balaban J connectivity index is 1.67. The van der Waals surface area contributed by atoms with Crippen molar-refractivity contribution in [2.24, 2.45) is 4.99 Å². The molecule has 0 atom stereocenters. The molecule has 0 fully saturated rings. The molecule has 0 heterocycles. The zero-order valence-corrected chi connectivity index (χ0v) is 15.3. The van der Waals surface area contributed by atoms with E-state index in [4.69, 9.17) is 4.74 Å². The van der Waals surface area contributed by atoms with Crippen LogP contribution in [-0.2, 0) is 6.61 Å². The van der Waals surface area contributed by atoms with Gasteiger partial charge in [-0.15, -0.1) is 0 Å². The predicted octanol–water partition coefficient (Wildman–Crippen LogP) is 5.54. The first-order valence-corrected chi connectivity index (χ1v) is 8.59. The molecule has 3 rings (SSSR count). The highest BCUT2D eigenvalue weighted by Gasteiger charge is 2.04. The molecular weight excluding hydrogens is 340 g/mol. The summed E-state index contributed by atoms with van der Waals surface area (Å²) in [6.07, 6.45) is 1.82. The summed E-state index contributed by atoms with van der Waals surface area (Å²) in [7, 11) is 0. The molecular formula is C22H20N2O3. The van der Waals surface area contributed by atoms with Gasteiger partial charge in [0.15, 0.2) is 0 Å². The lowest BCUT2D eigenvalue weighted by molar-refractivity contribution is -0.384. The third kappa shape index (κ3) is 4.79. The van der Waals surface area contributed by atoms with Crippen LogP contribution in [0, 0.1) is 24.0 Å². The van der Waals surface area contributed by atoms with E-state index < -0.39 is 4.92 Å². The van der Waals surface area contributed by atoms with Gasteiger partial charge in [0.2, 0.25) is 0 Å². The van der Waals surface area contributed by atoms with E-state index >= 15 is 0 Å². The van der Waals surface area contributed by atoms with Gasteiger partial charge in [0, 0.05) is 18.3 Å². The van der Waals surface area contributed by atoms with Gasteiger partial charge in [-0.1, -0.05) is 24.3 Å². The Morgan fingerprint density at radius 2 is 1.78 bits per heavy atom. The number of nitrogens with zero attached hydrogens (tertiary/aromatic N) is 2. The van der Waals surface area contributed by atoms with E-state index in [1.54, 1.807) is 12.1 Å². The number of ether oxygens (including phenoxy) is 1. The minimum absolute atomic E-state index is 0.0726. The first-order chi connectivity index (χ1) is 13.0. The molecule has 0 spiro atoms. The van der Waals surface area contributed by atoms with E-state index in [0.717, 1.165) is 22.6 Å². The second-order valence-electron chi connectivity index (χ2n) is 6.26. The predicted molar refractivity (Wildman–Crippen MR) is 107 cm³/mol. The maximum Gasteiger partial charge on any atom is 0.269 e. The summed E-state index contributed by atoms with van der Waals surface area (Å²) in [5, 5.41) is 10.7. The molecule has 0 saturated carbocycles. The average molecular weight is 360 g/mol. The van der Waals surface area contributed by atoms with E-state index in [-0.39, 0.29) is 5.69 Å². The van der Waals surface area contributed by atoms with Crippen molar-refractivity contribution in [1.82, 2.24) is 0 Å². The minimum atomic E-state index is -0.413. The fourth-order valence-electron chi connectivity index (χ4n) is 2.58. The molecule has 27 heavy (non-hydrogen) atoms. The van der Waals surface area contributed by atoms with Crippen LogP contribution in [0.2, 0.25) is 0 Å². The first kappa shape index (κ1) is 18.3. The van der Waals surface area contributed by atoms with Crippen LogP contribution in [-0.4, -0.2) is 11.1 Å². The molecule has 0 unspecified atom stereocenters. The molecule has 5 nitrogen and oxygen atoms in total. The molecule has 0 saturated heterocycles. The number of rotatable bonds is 6. The monoisotopic (exact) mass is 360 g/mol. The Morgan fingerprint density at radius 3 is 2.52 bits per heavy atom. The summed E-state index contributed by atoms with van der Waals surface area (Å²) in [6, 6.07) is 20.1. The maximum atomic E-state index is 10.7. The first-order valence-electron chi connectivity index (χ1n) is 8.59. The van der Waals surface area contributed by atoms with Crippen molar-refractivity contribution in [1.29, 1.82) is 0 Å². The van der Waals surface area contributed by atoms with Crippen molar-refractivity contribution >= 4 is 17.6 Å². The number of nitro benzene ring substituents is 1.